The molecule has 1 aliphatic carbocycles. The van der Waals surface area contributed by atoms with Crippen LogP contribution in [0.5, 0.6) is 0 Å². The number of unbranched alkanes of at least 4 members (excludes halogenated alkanes) is 1. The normalized spacial score (nSPS) is 36.0. The molecular formula is C13H26N2O. The fourth-order valence-electron chi connectivity index (χ4n) is 3.32. The summed E-state index contributed by atoms with van der Waals surface area (Å²) in [6, 6.07) is 0. The van der Waals surface area contributed by atoms with Gasteiger partial charge in [-0.2, -0.15) is 0 Å². The van der Waals surface area contributed by atoms with Gasteiger partial charge in [-0.1, -0.05) is 12.8 Å². The fourth-order valence-corrected chi connectivity index (χ4v) is 3.32. The second kappa shape index (κ2) is 5.48. The van der Waals surface area contributed by atoms with Crippen LogP contribution in [-0.2, 0) is 0 Å². The van der Waals surface area contributed by atoms with Crippen LogP contribution in [0.2, 0.25) is 0 Å². The van der Waals surface area contributed by atoms with E-state index in [1.54, 1.807) is 0 Å². The molecule has 2 rings (SSSR count). The molecule has 2 fully saturated rings. The first-order valence-corrected chi connectivity index (χ1v) is 6.89. The summed E-state index contributed by atoms with van der Waals surface area (Å²) >= 11 is 0. The Hall–Kier alpha value is -0.120. The van der Waals surface area contributed by atoms with Crippen LogP contribution < -0.4 is 5.73 Å². The van der Waals surface area contributed by atoms with E-state index >= 15 is 0 Å². The highest BCUT2D eigenvalue weighted by molar-refractivity contribution is 4.95. The Balaban J connectivity index is 1.80. The Bertz CT molecular complexity index is 222. The molecule has 0 spiro atoms. The van der Waals surface area contributed by atoms with Gasteiger partial charge in [0, 0.05) is 19.0 Å². The zero-order chi connectivity index (χ0) is 11.4. The molecule has 1 heterocycles. The van der Waals surface area contributed by atoms with Gasteiger partial charge in [0.2, 0.25) is 0 Å². The molecule has 0 aromatic carbocycles. The molecule has 1 saturated heterocycles. The standard InChI is InChI=1S/C13H26N2O/c14-8-3-4-9-15-10-7-13(16)6-2-1-5-12(13)11-15/h12,16H,1-11,14H2. The molecule has 0 radical (unpaired) electrons. The molecule has 0 bridgehead atoms. The van der Waals surface area contributed by atoms with Crippen LogP contribution in [-0.4, -0.2) is 41.8 Å². The molecule has 2 aliphatic rings. The second-order valence-corrected chi connectivity index (χ2v) is 5.59. The molecule has 1 aliphatic heterocycles. The molecule has 1 saturated carbocycles. The van der Waals surface area contributed by atoms with Gasteiger partial charge in [-0.05, 0) is 45.2 Å². The Morgan fingerprint density at radius 2 is 2.12 bits per heavy atom. The maximum Gasteiger partial charge on any atom is 0.0700 e. The minimum absolute atomic E-state index is 0.317. The van der Waals surface area contributed by atoms with E-state index < -0.39 is 0 Å². The summed E-state index contributed by atoms with van der Waals surface area (Å²) in [4.78, 5) is 2.53. The number of hydrogen-bond acceptors (Lipinski definition) is 3. The van der Waals surface area contributed by atoms with Crippen molar-refractivity contribution in [2.45, 2.75) is 50.5 Å². The van der Waals surface area contributed by atoms with Crippen molar-refractivity contribution >= 4 is 0 Å². The van der Waals surface area contributed by atoms with Crippen molar-refractivity contribution in [1.29, 1.82) is 0 Å². The van der Waals surface area contributed by atoms with E-state index in [0.717, 1.165) is 38.9 Å². The van der Waals surface area contributed by atoms with Crippen molar-refractivity contribution in [3.05, 3.63) is 0 Å². The summed E-state index contributed by atoms with van der Waals surface area (Å²) in [6.07, 6.45) is 8.12. The van der Waals surface area contributed by atoms with Crippen molar-refractivity contribution < 1.29 is 5.11 Å². The van der Waals surface area contributed by atoms with E-state index in [0.29, 0.717) is 5.92 Å². The Morgan fingerprint density at radius 1 is 1.25 bits per heavy atom. The number of piperidine rings is 1. The van der Waals surface area contributed by atoms with Crippen molar-refractivity contribution in [2.75, 3.05) is 26.2 Å². The monoisotopic (exact) mass is 226 g/mol. The molecule has 3 nitrogen and oxygen atoms in total. The molecule has 0 aromatic rings. The Labute approximate surface area is 99.0 Å². The molecular weight excluding hydrogens is 200 g/mol. The Morgan fingerprint density at radius 3 is 2.94 bits per heavy atom. The van der Waals surface area contributed by atoms with Crippen LogP contribution in [0, 0.1) is 5.92 Å². The Kier molecular flexibility index (Phi) is 4.22. The zero-order valence-corrected chi connectivity index (χ0v) is 10.3. The highest BCUT2D eigenvalue weighted by Gasteiger charge is 2.42. The van der Waals surface area contributed by atoms with Crippen molar-refractivity contribution in [3.8, 4) is 0 Å². The molecule has 2 atom stereocenters. The third-order valence-electron chi connectivity index (χ3n) is 4.44. The third kappa shape index (κ3) is 2.76. The number of aliphatic hydroxyl groups is 1. The van der Waals surface area contributed by atoms with E-state index in [2.05, 4.69) is 4.90 Å². The van der Waals surface area contributed by atoms with Crippen molar-refractivity contribution in [1.82, 2.24) is 4.90 Å². The lowest BCUT2D eigenvalue weighted by Gasteiger charge is -2.47. The van der Waals surface area contributed by atoms with E-state index in [4.69, 9.17) is 5.73 Å². The summed E-state index contributed by atoms with van der Waals surface area (Å²) in [6.45, 7) is 4.17. The molecule has 3 N–H and O–H groups in total. The molecule has 94 valence electrons. The maximum absolute atomic E-state index is 10.5. The summed E-state index contributed by atoms with van der Waals surface area (Å²) in [5.41, 5.74) is 5.20. The molecule has 0 aromatic heterocycles. The van der Waals surface area contributed by atoms with Crippen molar-refractivity contribution in [3.63, 3.8) is 0 Å². The van der Waals surface area contributed by atoms with Gasteiger partial charge in [0.15, 0.2) is 0 Å². The average Bonchev–Trinajstić information content (AvgIpc) is 2.29. The number of fused-ring (bicyclic) bond motifs is 1. The third-order valence-corrected chi connectivity index (χ3v) is 4.44. The van der Waals surface area contributed by atoms with Crippen LogP contribution in [0.25, 0.3) is 0 Å². The van der Waals surface area contributed by atoms with Crippen LogP contribution in [0.15, 0.2) is 0 Å². The van der Waals surface area contributed by atoms with Crippen LogP contribution in [0.4, 0.5) is 0 Å². The first kappa shape index (κ1) is 12.3. The number of hydrogen-bond donors (Lipinski definition) is 2. The van der Waals surface area contributed by atoms with Crippen LogP contribution >= 0.6 is 0 Å². The van der Waals surface area contributed by atoms with Gasteiger partial charge in [0.25, 0.3) is 0 Å². The number of nitrogens with zero attached hydrogens (tertiary/aromatic N) is 1. The van der Waals surface area contributed by atoms with Crippen LogP contribution in [0.1, 0.15) is 44.9 Å². The number of rotatable bonds is 4. The predicted octanol–water partition coefficient (Wildman–Crippen LogP) is 1.35. The predicted molar refractivity (Wildman–Crippen MR) is 66.3 cm³/mol. The minimum Gasteiger partial charge on any atom is -0.390 e. The van der Waals surface area contributed by atoms with Gasteiger partial charge < -0.3 is 15.7 Å². The average molecular weight is 226 g/mol. The molecule has 3 heteroatoms. The second-order valence-electron chi connectivity index (χ2n) is 5.59. The van der Waals surface area contributed by atoms with Gasteiger partial charge in [-0.3, -0.25) is 0 Å². The quantitative estimate of drug-likeness (QED) is 0.712. The van der Waals surface area contributed by atoms with E-state index in [9.17, 15) is 5.11 Å². The summed E-state index contributed by atoms with van der Waals surface area (Å²) in [7, 11) is 0. The summed E-state index contributed by atoms with van der Waals surface area (Å²) in [5, 5.41) is 10.5. The first-order valence-electron chi connectivity index (χ1n) is 6.89. The minimum atomic E-state index is -0.317. The van der Waals surface area contributed by atoms with Gasteiger partial charge in [-0.15, -0.1) is 0 Å². The van der Waals surface area contributed by atoms with E-state index in [-0.39, 0.29) is 5.60 Å². The van der Waals surface area contributed by atoms with Gasteiger partial charge in [-0.25, -0.2) is 0 Å². The largest absolute Gasteiger partial charge is 0.390 e. The highest BCUT2D eigenvalue weighted by atomic mass is 16.3. The molecule has 16 heavy (non-hydrogen) atoms. The summed E-state index contributed by atoms with van der Waals surface area (Å²) < 4.78 is 0. The van der Waals surface area contributed by atoms with Gasteiger partial charge >= 0.3 is 0 Å². The highest BCUT2D eigenvalue weighted by Crippen LogP contribution is 2.39. The SMILES string of the molecule is NCCCCN1CCC2(O)CCCCC2C1. The lowest BCUT2D eigenvalue weighted by molar-refractivity contribution is -0.0953. The lowest BCUT2D eigenvalue weighted by atomic mass is 9.71. The maximum atomic E-state index is 10.5. The topological polar surface area (TPSA) is 49.5 Å². The van der Waals surface area contributed by atoms with E-state index in [1.807, 2.05) is 0 Å². The van der Waals surface area contributed by atoms with Crippen molar-refractivity contribution in [2.24, 2.45) is 11.7 Å². The first-order chi connectivity index (χ1) is 7.74. The summed E-state index contributed by atoms with van der Waals surface area (Å²) in [5.74, 6) is 0.535. The zero-order valence-electron chi connectivity index (χ0n) is 10.3. The number of nitrogens with two attached hydrogens (primary N) is 1. The van der Waals surface area contributed by atoms with Gasteiger partial charge in [0.1, 0.15) is 0 Å². The lowest BCUT2D eigenvalue weighted by Crippen LogP contribution is -2.53. The molecule has 2 unspecified atom stereocenters. The van der Waals surface area contributed by atoms with E-state index in [1.165, 1.54) is 32.2 Å². The fraction of sp³-hybridized carbons (Fsp3) is 1.00. The smallest absolute Gasteiger partial charge is 0.0700 e. The molecule has 0 amide bonds. The number of likely N-dealkylation sites (tertiary alicyclic amines) is 1. The van der Waals surface area contributed by atoms with Gasteiger partial charge in [0.05, 0.1) is 5.60 Å². The van der Waals surface area contributed by atoms with Crippen LogP contribution in [0.3, 0.4) is 0 Å².